The van der Waals surface area contributed by atoms with Crippen molar-refractivity contribution < 1.29 is 9.47 Å². The summed E-state index contributed by atoms with van der Waals surface area (Å²) in [6.45, 7) is 0.956. The van der Waals surface area contributed by atoms with Gasteiger partial charge in [-0.1, -0.05) is 0 Å². The molecule has 0 radical (unpaired) electrons. The summed E-state index contributed by atoms with van der Waals surface area (Å²) in [5.74, 6) is 1.97. The Morgan fingerprint density at radius 3 is 2.79 bits per heavy atom. The number of nitriles is 1. The highest BCUT2D eigenvalue weighted by Crippen LogP contribution is 2.38. The van der Waals surface area contributed by atoms with E-state index in [1.54, 1.807) is 18.3 Å². The molecule has 1 N–H and O–H groups in total. The van der Waals surface area contributed by atoms with E-state index in [2.05, 4.69) is 10.3 Å². The van der Waals surface area contributed by atoms with E-state index in [0.29, 0.717) is 29.6 Å². The number of nitrogens with zero attached hydrogens (tertiary/aromatic N) is 2. The molecule has 2 bridgehead atoms. The lowest BCUT2D eigenvalue weighted by atomic mass is 9.89. The van der Waals surface area contributed by atoms with Crippen molar-refractivity contribution in [3.05, 3.63) is 48.3 Å². The summed E-state index contributed by atoms with van der Waals surface area (Å²) in [4.78, 5) is 3.93. The SMILES string of the molecule is N#Cc1cc(Oc2ccc(NCC3CC4CCC3O4)cc2)ccn1. The van der Waals surface area contributed by atoms with Gasteiger partial charge in [0.2, 0.25) is 0 Å². The second kappa shape index (κ2) is 6.50. The first-order valence-corrected chi connectivity index (χ1v) is 8.33. The van der Waals surface area contributed by atoms with Gasteiger partial charge in [-0.05, 0) is 49.6 Å². The van der Waals surface area contributed by atoms with Gasteiger partial charge in [0.05, 0.1) is 12.2 Å². The summed E-state index contributed by atoms with van der Waals surface area (Å²) in [6, 6.07) is 13.2. The van der Waals surface area contributed by atoms with Gasteiger partial charge < -0.3 is 14.8 Å². The summed E-state index contributed by atoms with van der Waals surface area (Å²) in [7, 11) is 0. The summed E-state index contributed by atoms with van der Waals surface area (Å²) < 4.78 is 11.6. The first-order chi connectivity index (χ1) is 11.8. The maximum atomic E-state index is 8.87. The van der Waals surface area contributed by atoms with E-state index in [9.17, 15) is 0 Å². The van der Waals surface area contributed by atoms with E-state index in [0.717, 1.165) is 18.0 Å². The maximum Gasteiger partial charge on any atom is 0.144 e. The average molecular weight is 321 g/mol. The molecule has 0 saturated carbocycles. The lowest BCUT2D eigenvalue weighted by molar-refractivity contribution is 0.0941. The van der Waals surface area contributed by atoms with Crippen LogP contribution >= 0.6 is 0 Å². The highest BCUT2D eigenvalue weighted by atomic mass is 16.5. The zero-order chi connectivity index (χ0) is 16.4. The fraction of sp³-hybridized carbons (Fsp3) is 0.368. The summed E-state index contributed by atoms with van der Waals surface area (Å²) in [5, 5.41) is 12.4. The number of anilines is 1. The number of aromatic nitrogens is 1. The van der Waals surface area contributed by atoms with Crippen molar-refractivity contribution in [2.75, 3.05) is 11.9 Å². The van der Waals surface area contributed by atoms with E-state index in [-0.39, 0.29) is 0 Å². The Morgan fingerprint density at radius 1 is 1.21 bits per heavy atom. The van der Waals surface area contributed by atoms with Crippen LogP contribution in [-0.4, -0.2) is 23.7 Å². The van der Waals surface area contributed by atoms with E-state index >= 15 is 0 Å². The molecule has 122 valence electrons. The summed E-state index contributed by atoms with van der Waals surface area (Å²) in [6.07, 6.45) is 6.14. The molecular formula is C19H19N3O2. The number of nitrogens with one attached hydrogen (secondary N) is 1. The zero-order valence-corrected chi connectivity index (χ0v) is 13.3. The number of rotatable bonds is 5. The average Bonchev–Trinajstić information content (AvgIpc) is 3.24. The van der Waals surface area contributed by atoms with E-state index in [4.69, 9.17) is 14.7 Å². The molecule has 3 atom stereocenters. The number of pyridine rings is 1. The highest BCUT2D eigenvalue weighted by molar-refractivity contribution is 5.47. The molecular weight excluding hydrogens is 302 g/mol. The molecule has 0 amide bonds. The van der Waals surface area contributed by atoms with Crippen LogP contribution in [0.1, 0.15) is 25.0 Å². The van der Waals surface area contributed by atoms with Gasteiger partial charge in [0.15, 0.2) is 0 Å². The third kappa shape index (κ3) is 3.19. The van der Waals surface area contributed by atoms with Crippen LogP contribution < -0.4 is 10.1 Å². The fourth-order valence-corrected chi connectivity index (χ4v) is 3.52. The van der Waals surface area contributed by atoms with Gasteiger partial charge in [-0.2, -0.15) is 5.26 Å². The number of hydrogen-bond donors (Lipinski definition) is 1. The molecule has 2 saturated heterocycles. The Balaban J connectivity index is 1.33. The van der Waals surface area contributed by atoms with Crippen LogP contribution in [0.4, 0.5) is 5.69 Å². The molecule has 3 heterocycles. The molecule has 2 aromatic rings. The molecule has 1 aromatic heterocycles. The smallest absolute Gasteiger partial charge is 0.144 e. The van der Waals surface area contributed by atoms with Crippen LogP contribution in [0.2, 0.25) is 0 Å². The van der Waals surface area contributed by atoms with Crippen LogP contribution in [0.15, 0.2) is 42.6 Å². The molecule has 0 spiro atoms. The number of ether oxygens (including phenoxy) is 2. The second-order valence-corrected chi connectivity index (χ2v) is 6.37. The molecule has 2 aliphatic rings. The third-order valence-electron chi connectivity index (χ3n) is 4.74. The second-order valence-electron chi connectivity index (χ2n) is 6.37. The Labute approximate surface area is 141 Å². The standard InChI is InChI=1S/C19H19N3O2/c20-11-15-10-18(7-8-21-15)23-16-3-1-14(2-4-16)22-12-13-9-17-5-6-19(13)24-17/h1-4,7-8,10,13,17,19,22H,5-6,9,12H2. The minimum Gasteiger partial charge on any atom is -0.457 e. The first kappa shape index (κ1) is 15.0. The van der Waals surface area contributed by atoms with Gasteiger partial charge in [-0.3, -0.25) is 0 Å². The minimum absolute atomic E-state index is 0.346. The molecule has 1 aromatic carbocycles. The first-order valence-electron chi connectivity index (χ1n) is 8.33. The topological polar surface area (TPSA) is 67.2 Å². The Hall–Kier alpha value is -2.58. The summed E-state index contributed by atoms with van der Waals surface area (Å²) in [5.41, 5.74) is 1.43. The molecule has 3 unspecified atom stereocenters. The Kier molecular flexibility index (Phi) is 4.06. The maximum absolute atomic E-state index is 8.87. The molecule has 2 aliphatic heterocycles. The molecule has 4 rings (SSSR count). The fourth-order valence-electron chi connectivity index (χ4n) is 3.52. The molecule has 2 fully saturated rings. The van der Waals surface area contributed by atoms with Crippen molar-refractivity contribution in [2.24, 2.45) is 5.92 Å². The van der Waals surface area contributed by atoms with Gasteiger partial charge in [-0.15, -0.1) is 0 Å². The number of benzene rings is 1. The van der Waals surface area contributed by atoms with Crippen molar-refractivity contribution >= 4 is 5.69 Å². The van der Waals surface area contributed by atoms with Crippen molar-refractivity contribution in [3.8, 4) is 17.6 Å². The summed E-state index contributed by atoms with van der Waals surface area (Å²) >= 11 is 0. The molecule has 5 nitrogen and oxygen atoms in total. The zero-order valence-electron chi connectivity index (χ0n) is 13.3. The van der Waals surface area contributed by atoms with Crippen LogP contribution in [0.5, 0.6) is 11.5 Å². The predicted molar refractivity (Wildman–Crippen MR) is 90.0 cm³/mol. The van der Waals surface area contributed by atoms with Crippen LogP contribution in [0.25, 0.3) is 0 Å². The molecule has 24 heavy (non-hydrogen) atoms. The van der Waals surface area contributed by atoms with Crippen LogP contribution in [0.3, 0.4) is 0 Å². The number of hydrogen-bond acceptors (Lipinski definition) is 5. The third-order valence-corrected chi connectivity index (χ3v) is 4.74. The Bertz CT molecular complexity index is 754. The van der Waals surface area contributed by atoms with Gasteiger partial charge in [0, 0.05) is 30.4 Å². The monoisotopic (exact) mass is 321 g/mol. The van der Waals surface area contributed by atoms with Crippen molar-refractivity contribution in [1.82, 2.24) is 4.98 Å². The minimum atomic E-state index is 0.346. The van der Waals surface area contributed by atoms with Crippen LogP contribution in [0, 0.1) is 17.2 Å². The Morgan fingerprint density at radius 2 is 2.08 bits per heavy atom. The lowest BCUT2D eigenvalue weighted by Crippen LogP contribution is -2.24. The van der Waals surface area contributed by atoms with Gasteiger partial charge in [0.25, 0.3) is 0 Å². The normalized spacial score (nSPS) is 24.5. The van der Waals surface area contributed by atoms with Gasteiger partial charge in [-0.25, -0.2) is 4.98 Å². The van der Waals surface area contributed by atoms with E-state index < -0.39 is 0 Å². The lowest BCUT2D eigenvalue weighted by Gasteiger charge is -2.19. The van der Waals surface area contributed by atoms with Gasteiger partial charge >= 0.3 is 0 Å². The molecule has 0 aliphatic carbocycles. The largest absolute Gasteiger partial charge is 0.457 e. The van der Waals surface area contributed by atoms with Crippen molar-refractivity contribution in [2.45, 2.75) is 31.5 Å². The quantitative estimate of drug-likeness (QED) is 0.909. The van der Waals surface area contributed by atoms with Crippen molar-refractivity contribution in [3.63, 3.8) is 0 Å². The number of fused-ring (bicyclic) bond motifs is 2. The molecule has 5 heteroatoms. The van der Waals surface area contributed by atoms with Crippen LogP contribution in [-0.2, 0) is 4.74 Å². The van der Waals surface area contributed by atoms with Crippen molar-refractivity contribution in [1.29, 1.82) is 5.26 Å². The van der Waals surface area contributed by atoms with E-state index in [1.807, 2.05) is 30.3 Å². The highest BCUT2D eigenvalue weighted by Gasteiger charge is 2.40. The van der Waals surface area contributed by atoms with E-state index in [1.165, 1.54) is 19.3 Å². The van der Waals surface area contributed by atoms with Gasteiger partial charge in [0.1, 0.15) is 23.3 Å². The predicted octanol–water partition coefficient (Wildman–Crippen LogP) is 3.72.